The molecule has 202 valence electrons. The zero-order valence-electron chi connectivity index (χ0n) is 24.0. The molecule has 6 heteroatoms. The number of fused-ring (bicyclic) bond motifs is 1. The monoisotopic (exact) mass is 529 g/mol. The lowest BCUT2D eigenvalue weighted by molar-refractivity contribution is 0.223. The average Bonchev–Trinajstić information content (AvgIpc) is 3.56. The van der Waals surface area contributed by atoms with Crippen molar-refractivity contribution in [2.24, 2.45) is 0 Å². The van der Waals surface area contributed by atoms with Gasteiger partial charge in [0.15, 0.2) is 5.82 Å². The van der Waals surface area contributed by atoms with Gasteiger partial charge in [-0.05, 0) is 100 Å². The van der Waals surface area contributed by atoms with Gasteiger partial charge in [0.05, 0.1) is 18.4 Å². The van der Waals surface area contributed by atoms with Crippen LogP contribution in [0.3, 0.4) is 0 Å². The first kappa shape index (κ1) is 25.7. The molecule has 0 saturated heterocycles. The summed E-state index contributed by atoms with van der Waals surface area (Å²) in [7, 11) is 0. The van der Waals surface area contributed by atoms with Crippen LogP contribution in [0.2, 0.25) is 0 Å². The van der Waals surface area contributed by atoms with Crippen LogP contribution >= 0.6 is 0 Å². The molecule has 40 heavy (non-hydrogen) atoms. The zero-order chi connectivity index (χ0) is 28.0. The molecule has 5 aromatic rings. The molecular formula is C34H35N5O. The highest BCUT2D eigenvalue weighted by Crippen LogP contribution is 2.33. The third kappa shape index (κ3) is 4.93. The van der Waals surface area contributed by atoms with E-state index in [0.29, 0.717) is 0 Å². The molecule has 3 aromatic carbocycles. The van der Waals surface area contributed by atoms with Crippen molar-refractivity contribution in [2.75, 3.05) is 11.6 Å². The van der Waals surface area contributed by atoms with Gasteiger partial charge in [-0.25, -0.2) is 9.67 Å². The molecule has 0 saturated carbocycles. The lowest BCUT2D eigenvalue weighted by Gasteiger charge is -2.33. The Hall–Kier alpha value is -4.58. The van der Waals surface area contributed by atoms with E-state index in [-0.39, 0.29) is 5.54 Å². The molecule has 0 amide bonds. The van der Waals surface area contributed by atoms with Gasteiger partial charge < -0.3 is 14.5 Å². The topological polar surface area (TPSA) is 46.4 Å². The summed E-state index contributed by atoms with van der Waals surface area (Å²) in [6, 6.07) is 22.9. The minimum Gasteiger partial charge on any atom is -0.457 e. The molecular weight excluding hydrogens is 494 g/mol. The van der Waals surface area contributed by atoms with Gasteiger partial charge in [-0.15, -0.1) is 0 Å². The van der Waals surface area contributed by atoms with E-state index in [1.807, 2.05) is 47.4 Å². The SMILES string of the molecule is Cc1cc(C)c(-c2ccnc(-n3ncc4ccc(Oc5cccc(N6C=CN(C(C)(C)C)C6)c5)cc43)c2)c(C)c1. The summed E-state index contributed by atoms with van der Waals surface area (Å²) in [4.78, 5) is 9.22. The number of ether oxygens (including phenoxy) is 1. The minimum absolute atomic E-state index is 0.0733. The van der Waals surface area contributed by atoms with Crippen LogP contribution < -0.4 is 9.64 Å². The average molecular weight is 530 g/mol. The Morgan fingerprint density at radius 2 is 1.60 bits per heavy atom. The summed E-state index contributed by atoms with van der Waals surface area (Å²) in [5.74, 6) is 2.31. The molecule has 6 rings (SSSR count). The molecule has 0 fully saturated rings. The largest absolute Gasteiger partial charge is 0.457 e. The van der Waals surface area contributed by atoms with Gasteiger partial charge in [-0.2, -0.15) is 5.10 Å². The summed E-state index contributed by atoms with van der Waals surface area (Å²) < 4.78 is 8.24. The Labute approximate surface area is 236 Å². The first-order valence-electron chi connectivity index (χ1n) is 13.7. The summed E-state index contributed by atoms with van der Waals surface area (Å²) in [5.41, 5.74) is 8.27. The smallest absolute Gasteiger partial charge is 0.154 e. The standard InChI is InChI=1S/C34H35N5O/c1-23-16-24(2)33(25(3)17-23)26-12-13-35-32(18-26)39-31-20-30(11-10-27(31)21-36-39)40-29-9-7-8-28(19-29)37-14-15-38(22-37)34(4,5)6/h7-21H,22H2,1-6H3. The highest BCUT2D eigenvalue weighted by Gasteiger charge is 2.24. The molecule has 6 nitrogen and oxygen atoms in total. The van der Waals surface area contributed by atoms with E-state index in [1.165, 1.54) is 22.3 Å². The van der Waals surface area contributed by atoms with Gasteiger partial charge in [0.2, 0.25) is 0 Å². The van der Waals surface area contributed by atoms with Crippen molar-refractivity contribution in [3.05, 3.63) is 108 Å². The van der Waals surface area contributed by atoms with Gasteiger partial charge in [-0.1, -0.05) is 23.8 Å². The quantitative estimate of drug-likeness (QED) is 0.230. The summed E-state index contributed by atoms with van der Waals surface area (Å²) in [5, 5.41) is 5.71. The summed E-state index contributed by atoms with van der Waals surface area (Å²) in [6.45, 7) is 13.9. The molecule has 0 bridgehead atoms. The number of hydrogen-bond acceptors (Lipinski definition) is 5. The van der Waals surface area contributed by atoms with E-state index in [4.69, 9.17) is 4.74 Å². The molecule has 0 aliphatic carbocycles. The Balaban J connectivity index is 1.29. The van der Waals surface area contributed by atoms with Crippen molar-refractivity contribution in [3.8, 4) is 28.4 Å². The van der Waals surface area contributed by atoms with E-state index in [9.17, 15) is 0 Å². The normalized spacial score (nSPS) is 13.4. The number of hydrogen-bond donors (Lipinski definition) is 0. The zero-order valence-corrected chi connectivity index (χ0v) is 24.0. The van der Waals surface area contributed by atoms with Crippen molar-refractivity contribution in [1.29, 1.82) is 0 Å². The van der Waals surface area contributed by atoms with Crippen LogP contribution in [0.1, 0.15) is 37.5 Å². The second-order valence-electron chi connectivity index (χ2n) is 11.6. The first-order valence-corrected chi connectivity index (χ1v) is 13.7. The Morgan fingerprint density at radius 3 is 2.35 bits per heavy atom. The van der Waals surface area contributed by atoms with Crippen LogP contribution in [0, 0.1) is 20.8 Å². The lowest BCUT2D eigenvalue weighted by atomic mass is 9.94. The van der Waals surface area contributed by atoms with E-state index < -0.39 is 0 Å². The maximum absolute atomic E-state index is 6.35. The van der Waals surface area contributed by atoms with Crippen LogP contribution in [0.5, 0.6) is 11.5 Å². The summed E-state index contributed by atoms with van der Waals surface area (Å²) >= 11 is 0. The number of nitrogens with zero attached hydrogens (tertiary/aromatic N) is 5. The number of aromatic nitrogens is 3. The van der Waals surface area contributed by atoms with Gasteiger partial charge in [0.1, 0.15) is 11.5 Å². The minimum atomic E-state index is 0.0733. The van der Waals surface area contributed by atoms with E-state index >= 15 is 0 Å². The number of anilines is 1. The van der Waals surface area contributed by atoms with Crippen LogP contribution in [0.15, 0.2) is 91.5 Å². The Morgan fingerprint density at radius 1 is 0.825 bits per heavy atom. The van der Waals surface area contributed by atoms with Crippen LogP contribution in [-0.4, -0.2) is 31.9 Å². The molecule has 3 heterocycles. The van der Waals surface area contributed by atoms with E-state index in [1.54, 1.807) is 0 Å². The van der Waals surface area contributed by atoms with Crippen molar-refractivity contribution in [3.63, 3.8) is 0 Å². The Bertz CT molecular complexity index is 1720. The molecule has 0 unspecified atom stereocenters. The highest BCUT2D eigenvalue weighted by molar-refractivity contribution is 5.82. The first-order chi connectivity index (χ1) is 19.2. The molecule has 0 spiro atoms. The van der Waals surface area contributed by atoms with Crippen LogP contribution in [-0.2, 0) is 0 Å². The van der Waals surface area contributed by atoms with Crippen molar-refractivity contribution in [2.45, 2.75) is 47.1 Å². The van der Waals surface area contributed by atoms with Crippen LogP contribution in [0.25, 0.3) is 27.8 Å². The third-order valence-electron chi connectivity index (χ3n) is 7.45. The van der Waals surface area contributed by atoms with E-state index in [2.05, 4.69) is 110 Å². The molecule has 0 atom stereocenters. The molecule has 1 aliphatic rings. The number of rotatable bonds is 5. The number of pyridine rings is 1. The molecule has 1 aliphatic heterocycles. The number of benzene rings is 3. The predicted molar refractivity (Wildman–Crippen MR) is 163 cm³/mol. The fraction of sp³-hybridized carbons (Fsp3) is 0.235. The van der Waals surface area contributed by atoms with Gasteiger partial charge in [0.25, 0.3) is 0 Å². The molecule has 2 aromatic heterocycles. The maximum atomic E-state index is 6.35. The van der Waals surface area contributed by atoms with Gasteiger partial charge >= 0.3 is 0 Å². The van der Waals surface area contributed by atoms with Crippen molar-refractivity contribution < 1.29 is 4.74 Å². The summed E-state index contributed by atoms with van der Waals surface area (Å²) in [6.07, 6.45) is 8.00. The third-order valence-corrected chi connectivity index (χ3v) is 7.45. The van der Waals surface area contributed by atoms with Gasteiger partial charge in [-0.3, -0.25) is 0 Å². The van der Waals surface area contributed by atoms with Crippen molar-refractivity contribution in [1.82, 2.24) is 19.7 Å². The molecule has 0 N–H and O–H groups in total. The second-order valence-corrected chi connectivity index (χ2v) is 11.6. The molecule has 0 radical (unpaired) electrons. The maximum Gasteiger partial charge on any atom is 0.154 e. The lowest BCUT2D eigenvalue weighted by Crippen LogP contribution is -2.39. The fourth-order valence-corrected chi connectivity index (χ4v) is 5.45. The van der Waals surface area contributed by atoms with Gasteiger partial charge in [0, 0.05) is 47.3 Å². The predicted octanol–water partition coefficient (Wildman–Crippen LogP) is 8.15. The number of aryl methyl sites for hydroxylation is 3. The Kier molecular flexibility index (Phi) is 6.34. The van der Waals surface area contributed by atoms with E-state index in [0.717, 1.165) is 46.1 Å². The highest BCUT2D eigenvalue weighted by atomic mass is 16.5. The van der Waals surface area contributed by atoms with Crippen LogP contribution in [0.4, 0.5) is 5.69 Å². The van der Waals surface area contributed by atoms with Crippen molar-refractivity contribution >= 4 is 16.6 Å². The second kappa shape index (κ2) is 9.87. The fourth-order valence-electron chi connectivity index (χ4n) is 5.45.